The van der Waals surface area contributed by atoms with Crippen molar-refractivity contribution < 1.29 is 18.3 Å². The van der Waals surface area contributed by atoms with Gasteiger partial charge in [-0.1, -0.05) is 11.6 Å². The van der Waals surface area contributed by atoms with E-state index in [1.807, 2.05) is 6.92 Å². The highest BCUT2D eigenvalue weighted by Crippen LogP contribution is 2.42. The maximum Gasteiger partial charge on any atom is 0.586 e. The first-order valence-corrected chi connectivity index (χ1v) is 6.55. The second-order valence-electron chi connectivity index (χ2n) is 4.66. The molecule has 1 N–H and O–H groups in total. The number of alkyl halides is 2. The average molecular weight is 316 g/mol. The standard InChI is InChI=1S/C13H12ClF2N3O2/c1-7-9(12(14)19(2)18-7)6-17-8-3-4-10-11(5-8)21-13(15,16)20-10/h3-5,17H,6H2,1-2H3. The number of nitrogens with zero attached hydrogens (tertiary/aromatic N) is 2. The first-order chi connectivity index (χ1) is 9.85. The molecule has 0 radical (unpaired) electrons. The summed E-state index contributed by atoms with van der Waals surface area (Å²) in [6, 6.07) is 4.51. The number of halogens is 3. The molecule has 1 aliphatic rings. The largest absolute Gasteiger partial charge is 0.586 e. The van der Waals surface area contributed by atoms with Gasteiger partial charge in [0.05, 0.1) is 5.69 Å². The molecule has 2 heterocycles. The maximum absolute atomic E-state index is 12.9. The quantitative estimate of drug-likeness (QED) is 0.944. The summed E-state index contributed by atoms with van der Waals surface area (Å²) in [4.78, 5) is 0. The predicted octanol–water partition coefficient (Wildman–Crippen LogP) is 3.32. The van der Waals surface area contributed by atoms with Crippen molar-refractivity contribution in [3.05, 3.63) is 34.6 Å². The molecule has 1 aliphatic heterocycles. The summed E-state index contributed by atoms with van der Waals surface area (Å²) in [5.41, 5.74) is 2.28. The van der Waals surface area contributed by atoms with Gasteiger partial charge in [0.2, 0.25) is 0 Å². The lowest BCUT2D eigenvalue weighted by Crippen LogP contribution is -2.25. The summed E-state index contributed by atoms with van der Waals surface area (Å²) >= 11 is 6.13. The lowest BCUT2D eigenvalue weighted by Gasteiger charge is -2.07. The smallest absolute Gasteiger partial charge is 0.395 e. The van der Waals surface area contributed by atoms with Gasteiger partial charge in [0, 0.05) is 30.9 Å². The Labute approximate surface area is 124 Å². The zero-order valence-electron chi connectivity index (χ0n) is 11.3. The van der Waals surface area contributed by atoms with Gasteiger partial charge in [-0.05, 0) is 19.1 Å². The third-order valence-electron chi connectivity index (χ3n) is 3.14. The molecule has 112 valence electrons. The predicted molar refractivity (Wildman–Crippen MR) is 72.9 cm³/mol. The molecule has 0 bridgehead atoms. The number of fused-ring (bicyclic) bond motifs is 1. The monoisotopic (exact) mass is 315 g/mol. The third-order valence-corrected chi connectivity index (χ3v) is 3.61. The van der Waals surface area contributed by atoms with Crippen LogP contribution in [-0.2, 0) is 13.6 Å². The molecule has 1 aromatic carbocycles. The Morgan fingerprint density at radius 1 is 1.33 bits per heavy atom. The minimum Gasteiger partial charge on any atom is -0.395 e. The van der Waals surface area contributed by atoms with E-state index in [4.69, 9.17) is 11.6 Å². The zero-order valence-corrected chi connectivity index (χ0v) is 12.0. The number of benzene rings is 1. The lowest BCUT2D eigenvalue weighted by atomic mass is 10.2. The van der Waals surface area contributed by atoms with Crippen LogP contribution in [0.4, 0.5) is 14.5 Å². The molecule has 2 aromatic rings. The van der Waals surface area contributed by atoms with Gasteiger partial charge in [0.1, 0.15) is 5.15 Å². The Kier molecular flexibility index (Phi) is 3.16. The Balaban J connectivity index is 1.75. The second kappa shape index (κ2) is 4.77. The number of rotatable bonds is 3. The molecule has 8 heteroatoms. The number of aromatic nitrogens is 2. The number of hydrogen-bond donors (Lipinski definition) is 1. The van der Waals surface area contributed by atoms with Gasteiger partial charge in [-0.3, -0.25) is 4.68 Å². The van der Waals surface area contributed by atoms with E-state index in [-0.39, 0.29) is 11.5 Å². The number of nitrogens with one attached hydrogen (secondary N) is 1. The first-order valence-electron chi connectivity index (χ1n) is 6.17. The van der Waals surface area contributed by atoms with Crippen LogP contribution in [0.2, 0.25) is 5.15 Å². The number of anilines is 1. The van der Waals surface area contributed by atoms with Crippen LogP contribution in [0.3, 0.4) is 0 Å². The molecule has 0 aliphatic carbocycles. The molecule has 21 heavy (non-hydrogen) atoms. The van der Waals surface area contributed by atoms with Crippen LogP contribution in [0.25, 0.3) is 0 Å². The molecule has 0 unspecified atom stereocenters. The van der Waals surface area contributed by atoms with Crippen LogP contribution in [-0.4, -0.2) is 16.1 Å². The highest BCUT2D eigenvalue weighted by atomic mass is 35.5. The number of ether oxygens (including phenoxy) is 2. The number of aryl methyl sites for hydroxylation is 2. The summed E-state index contributed by atoms with van der Waals surface area (Å²) in [7, 11) is 1.75. The minimum absolute atomic E-state index is 0.000921. The van der Waals surface area contributed by atoms with Gasteiger partial charge in [-0.2, -0.15) is 5.10 Å². The van der Waals surface area contributed by atoms with Crippen molar-refractivity contribution in [3.63, 3.8) is 0 Å². The van der Waals surface area contributed by atoms with Crippen molar-refractivity contribution in [1.29, 1.82) is 0 Å². The van der Waals surface area contributed by atoms with Gasteiger partial charge < -0.3 is 14.8 Å². The molecule has 0 saturated heterocycles. The first kappa shape index (κ1) is 13.9. The van der Waals surface area contributed by atoms with Crippen molar-refractivity contribution >= 4 is 17.3 Å². The van der Waals surface area contributed by atoms with E-state index in [1.165, 1.54) is 12.1 Å². The number of hydrogen-bond acceptors (Lipinski definition) is 4. The molecule has 5 nitrogen and oxygen atoms in total. The van der Waals surface area contributed by atoms with E-state index in [0.717, 1.165) is 11.3 Å². The minimum atomic E-state index is -3.61. The molecule has 0 amide bonds. The van der Waals surface area contributed by atoms with Crippen molar-refractivity contribution in [2.45, 2.75) is 19.8 Å². The lowest BCUT2D eigenvalue weighted by molar-refractivity contribution is -0.286. The van der Waals surface area contributed by atoms with E-state index in [2.05, 4.69) is 19.9 Å². The Morgan fingerprint density at radius 2 is 2.05 bits per heavy atom. The fourth-order valence-electron chi connectivity index (χ4n) is 2.12. The molecule has 0 saturated carbocycles. The molecular weight excluding hydrogens is 304 g/mol. The van der Waals surface area contributed by atoms with Crippen LogP contribution in [0, 0.1) is 6.92 Å². The molecule has 0 spiro atoms. The molecule has 3 rings (SSSR count). The van der Waals surface area contributed by atoms with Gasteiger partial charge in [0.15, 0.2) is 11.5 Å². The Hall–Kier alpha value is -2.02. The molecule has 0 fully saturated rings. The van der Waals surface area contributed by atoms with Crippen LogP contribution in [0.1, 0.15) is 11.3 Å². The summed E-state index contributed by atoms with van der Waals surface area (Å²) in [5, 5.41) is 7.83. The molecular formula is C13H12ClF2N3O2. The van der Waals surface area contributed by atoms with Crippen molar-refractivity contribution in [3.8, 4) is 11.5 Å². The highest BCUT2D eigenvalue weighted by Gasteiger charge is 2.43. The normalized spacial score (nSPS) is 15.3. The Bertz CT molecular complexity index is 703. The SMILES string of the molecule is Cc1nn(C)c(Cl)c1CNc1ccc2c(c1)OC(F)(F)O2. The van der Waals surface area contributed by atoms with Gasteiger partial charge in [-0.15, -0.1) is 8.78 Å². The third kappa shape index (κ3) is 2.61. The van der Waals surface area contributed by atoms with Gasteiger partial charge in [0.25, 0.3) is 0 Å². The van der Waals surface area contributed by atoms with E-state index in [0.29, 0.717) is 17.4 Å². The van der Waals surface area contributed by atoms with Crippen molar-refractivity contribution in [1.82, 2.24) is 9.78 Å². The summed E-state index contributed by atoms with van der Waals surface area (Å²) < 4.78 is 36.2. The van der Waals surface area contributed by atoms with Crippen LogP contribution >= 0.6 is 11.6 Å². The highest BCUT2D eigenvalue weighted by molar-refractivity contribution is 6.30. The fraction of sp³-hybridized carbons (Fsp3) is 0.308. The molecule has 1 aromatic heterocycles. The van der Waals surface area contributed by atoms with E-state index >= 15 is 0 Å². The van der Waals surface area contributed by atoms with E-state index in [1.54, 1.807) is 17.8 Å². The van der Waals surface area contributed by atoms with Crippen LogP contribution in [0.5, 0.6) is 11.5 Å². The summed E-state index contributed by atoms with van der Waals surface area (Å²) in [6.45, 7) is 2.28. The van der Waals surface area contributed by atoms with Crippen molar-refractivity contribution in [2.75, 3.05) is 5.32 Å². The zero-order chi connectivity index (χ0) is 15.2. The fourth-order valence-corrected chi connectivity index (χ4v) is 2.37. The van der Waals surface area contributed by atoms with Gasteiger partial charge >= 0.3 is 6.29 Å². The Morgan fingerprint density at radius 3 is 2.71 bits per heavy atom. The van der Waals surface area contributed by atoms with Crippen LogP contribution < -0.4 is 14.8 Å². The topological polar surface area (TPSA) is 48.3 Å². The van der Waals surface area contributed by atoms with Crippen LogP contribution in [0.15, 0.2) is 18.2 Å². The summed E-state index contributed by atoms with van der Waals surface area (Å²) in [6.07, 6.45) is -3.61. The van der Waals surface area contributed by atoms with Gasteiger partial charge in [-0.25, -0.2) is 0 Å². The average Bonchev–Trinajstić information content (AvgIpc) is 2.83. The van der Waals surface area contributed by atoms with E-state index in [9.17, 15) is 8.78 Å². The second-order valence-corrected chi connectivity index (χ2v) is 5.02. The van der Waals surface area contributed by atoms with Crippen molar-refractivity contribution in [2.24, 2.45) is 7.05 Å². The summed E-state index contributed by atoms with van der Waals surface area (Å²) in [5.74, 6) is 0.0140. The van der Waals surface area contributed by atoms with E-state index < -0.39 is 6.29 Å². The maximum atomic E-state index is 12.9. The molecule has 0 atom stereocenters.